The monoisotopic (exact) mass is 143 g/mol. The van der Waals surface area contributed by atoms with E-state index < -0.39 is 0 Å². The third kappa shape index (κ3) is 1.73. The highest BCUT2D eigenvalue weighted by Crippen LogP contribution is 2.01. The molecule has 0 aliphatic heterocycles. The molecular formula is C5H9N3S. The van der Waals surface area contributed by atoms with Crippen LogP contribution in [0.3, 0.4) is 0 Å². The van der Waals surface area contributed by atoms with Crippen molar-refractivity contribution >= 4 is 11.5 Å². The van der Waals surface area contributed by atoms with Crippen LogP contribution in [0.25, 0.3) is 0 Å². The first-order valence-electron chi connectivity index (χ1n) is 2.82. The fourth-order valence-electron chi connectivity index (χ4n) is 0.572. The minimum atomic E-state index is 0.635. The summed E-state index contributed by atoms with van der Waals surface area (Å²) in [5.41, 5.74) is 5.29. The van der Waals surface area contributed by atoms with Crippen molar-refractivity contribution in [3.8, 4) is 0 Å². The maximum absolute atomic E-state index is 5.29. The zero-order valence-electron chi connectivity index (χ0n) is 5.29. The Morgan fingerprint density at radius 2 is 2.44 bits per heavy atom. The second kappa shape index (κ2) is 2.89. The highest BCUT2D eigenvalue weighted by atomic mass is 32.1. The second-order valence-electron chi connectivity index (χ2n) is 1.77. The largest absolute Gasteiger partial charge is 0.330 e. The van der Waals surface area contributed by atoms with E-state index in [-0.39, 0.29) is 0 Å². The van der Waals surface area contributed by atoms with Crippen LogP contribution in [0.2, 0.25) is 0 Å². The summed E-state index contributed by atoms with van der Waals surface area (Å²) in [5, 5.41) is 1.01. The molecule has 0 saturated carbocycles. The third-order valence-electron chi connectivity index (χ3n) is 0.938. The van der Waals surface area contributed by atoms with Crippen LogP contribution in [-0.4, -0.2) is 15.9 Å². The molecule has 1 aromatic rings. The predicted molar refractivity (Wildman–Crippen MR) is 37.4 cm³/mol. The molecule has 0 aliphatic rings. The Balaban J connectivity index is 2.61. The highest BCUT2D eigenvalue weighted by Gasteiger charge is 1.96. The number of aryl methyl sites for hydroxylation is 1. The maximum Gasteiger partial charge on any atom is 0.143 e. The molecule has 0 unspecified atom stereocenters. The zero-order chi connectivity index (χ0) is 6.69. The van der Waals surface area contributed by atoms with E-state index >= 15 is 0 Å². The van der Waals surface area contributed by atoms with E-state index in [0.717, 1.165) is 17.3 Å². The Labute approximate surface area is 58.1 Å². The minimum absolute atomic E-state index is 0.635. The molecular weight excluding hydrogens is 134 g/mol. The molecule has 9 heavy (non-hydrogen) atoms. The molecule has 0 amide bonds. The van der Waals surface area contributed by atoms with Crippen molar-refractivity contribution in [2.75, 3.05) is 6.54 Å². The van der Waals surface area contributed by atoms with Crippen molar-refractivity contribution in [2.45, 2.75) is 13.3 Å². The highest BCUT2D eigenvalue weighted by molar-refractivity contribution is 7.05. The van der Waals surface area contributed by atoms with Gasteiger partial charge in [-0.15, -0.1) is 0 Å². The van der Waals surface area contributed by atoms with Crippen LogP contribution in [0.15, 0.2) is 0 Å². The van der Waals surface area contributed by atoms with Gasteiger partial charge in [0.25, 0.3) is 0 Å². The van der Waals surface area contributed by atoms with Gasteiger partial charge in [0.1, 0.15) is 10.8 Å². The standard InChI is InChI=1S/C5H9N3S/c1-4-7-5(2-3-6)8-9-4/h2-3,6H2,1H3. The molecule has 0 radical (unpaired) electrons. The van der Waals surface area contributed by atoms with Crippen LogP contribution in [-0.2, 0) is 6.42 Å². The topological polar surface area (TPSA) is 51.8 Å². The SMILES string of the molecule is Cc1nc(CCN)ns1. The molecule has 0 saturated heterocycles. The first kappa shape index (κ1) is 6.64. The average Bonchev–Trinajstić information content (AvgIpc) is 2.17. The molecule has 2 N–H and O–H groups in total. The Bertz CT molecular complexity index is 184. The summed E-state index contributed by atoms with van der Waals surface area (Å²) in [6.07, 6.45) is 0.796. The first-order valence-corrected chi connectivity index (χ1v) is 3.59. The molecule has 0 aliphatic carbocycles. The fraction of sp³-hybridized carbons (Fsp3) is 0.600. The molecule has 0 spiro atoms. The molecule has 0 aromatic carbocycles. The first-order chi connectivity index (χ1) is 4.33. The Morgan fingerprint density at radius 3 is 2.89 bits per heavy atom. The molecule has 0 atom stereocenters. The van der Waals surface area contributed by atoms with E-state index in [0.29, 0.717) is 6.54 Å². The minimum Gasteiger partial charge on any atom is -0.330 e. The van der Waals surface area contributed by atoms with Crippen LogP contribution in [0.4, 0.5) is 0 Å². The van der Waals surface area contributed by atoms with Crippen LogP contribution < -0.4 is 5.73 Å². The summed E-state index contributed by atoms with van der Waals surface area (Å²) in [7, 11) is 0. The van der Waals surface area contributed by atoms with Gasteiger partial charge in [-0.3, -0.25) is 0 Å². The average molecular weight is 143 g/mol. The molecule has 3 nitrogen and oxygen atoms in total. The molecule has 0 bridgehead atoms. The van der Waals surface area contributed by atoms with Gasteiger partial charge in [0.15, 0.2) is 0 Å². The fourth-order valence-corrected chi connectivity index (χ4v) is 1.09. The molecule has 4 heteroatoms. The molecule has 1 rings (SSSR count). The van der Waals surface area contributed by atoms with Crippen molar-refractivity contribution in [3.05, 3.63) is 10.8 Å². The Hall–Kier alpha value is -0.480. The predicted octanol–water partition coefficient (Wildman–Crippen LogP) is 0.348. The second-order valence-corrected chi connectivity index (χ2v) is 2.72. The van der Waals surface area contributed by atoms with Gasteiger partial charge in [0, 0.05) is 6.42 Å². The summed E-state index contributed by atoms with van der Waals surface area (Å²) >= 11 is 1.43. The van der Waals surface area contributed by atoms with Crippen molar-refractivity contribution in [1.29, 1.82) is 0 Å². The molecule has 50 valence electrons. The smallest absolute Gasteiger partial charge is 0.143 e. The van der Waals surface area contributed by atoms with Gasteiger partial charge in [-0.25, -0.2) is 4.98 Å². The third-order valence-corrected chi connectivity index (χ3v) is 1.60. The van der Waals surface area contributed by atoms with Gasteiger partial charge >= 0.3 is 0 Å². The van der Waals surface area contributed by atoms with Gasteiger partial charge in [-0.2, -0.15) is 4.37 Å². The Kier molecular flexibility index (Phi) is 2.13. The van der Waals surface area contributed by atoms with E-state index in [1.165, 1.54) is 11.5 Å². The van der Waals surface area contributed by atoms with Crippen LogP contribution in [0, 0.1) is 6.92 Å². The van der Waals surface area contributed by atoms with Gasteiger partial charge < -0.3 is 5.73 Å². The van der Waals surface area contributed by atoms with E-state index in [4.69, 9.17) is 5.73 Å². The number of nitrogens with two attached hydrogens (primary N) is 1. The molecule has 1 aromatic heterocycles. The van der Waals surface area contributed by atoms with E-state index in [1.54, 1.807) is 0 Å². The summed E-state index contributed by atoms with van der Waals surface area (Å²) < 4.78 is 4.06. The van der Waals surface area contributed by atoms with Gasteiger partial charge in [0.05, 0.1) is 0 Å². The quantitative estimate of drug-likeness (QED) is 0.649. The summed E-state index contributed by atoms with van der Waals surface area (Å²) in [5.74, 6) is 0.875. The normalized spacial score (nSPS) is 10.0. The summed E-state index contributed by atoms with van der Waals surface area (Å²) in [6, 6.07) is 0. The lowest BCUT2D eigenvalue weighted by Crippen LogP contribution is -2.03. The number of rotatable bonds is 2. The van der Waals surface area contributed by atoms with Gasteiger partial charge in [0.2, 0.25) is 0 Å². The van der Waals surface area contributed by atoms with Crippen molar-refractivity contribution in [2.24, 2.45) is 5.73 Å². The zero-order valence-corrected chi connectivity index (χ0v) is 6.11. The van der Waals surface area contributed by atoms with Crippen LogP contribution in [0.1, 0.15) is 10.8 Å². The number of nitrogens with zero attached hydrogens (tertiary/aromatic N) is 2. The lowest BCUT2D eigenvalue weighted by atomic mass is 10.4. The summed E-state index contributed by atoms with van der Waals surface area (Å²) in [6.45, 7) is 2.58. The van der Waals surface area contributed by atoms with Crippen LogP contribution in [0.5, 0.6) is 0 Å². The van der Waals surface area contributed by atoms with E-state index in [2.05, 4.69) is 9.36 Å². The van der Waals surface area contributed by atoms with Crippen molar-refractivity contribution < 1.29 is 0 Å². The Morgan fingerprint density at radius 1 is 1.67 bits per heavy atom. The van der Waals surface area contributed by atoms with E-state index in [9.17, 15) is 0 Å². The van der Waals surface area contributed by atoms with Gasteiger partial charge in [-0.1, -0.05) is 0 Å². The molecule has 0 fully saturated rings. The number of aromatic nitrogens is 2. The summed E-state index contributed by atoms with van der Waals surface area (Å²) in [4.78, 5) is 4.13. The maximum atomic E-state index is 5.29. The number of hydrogen-bond acceptors (Lipinski definition) is 4. The van der Waals surface area contributed by atoms with Crippen LogP contribution >= 0.6 is 11.5 Å². The lowest BCUT2D eigenvalue weighted by Gasteiger charge is -1.84. The number of hydrogen-bond donors (Lipinski definition) is 1. The van der Waals surface area contributed by atoms with E-state index in [1.807, 2.05) is 6.92 Å². The molecule has 1 heterocycles. The van der Waals surface area contributed by atoms with Crippen molar-refractivity contribution in [1.82, 2.24) is 9.36 Å². The van der Waals surface area contributed by atoms with Gasteiger partial charge in [-0.05, 0) is 25.0 Å². The lowest BCUT2D eigenvalue weighted by molar-refractivity contribution is 0.894. The van der Waals surface area contributed by atoms with Crippen molar-refractivity contribution in [3.63, 3.8) is 0 Å².